The second kappa shape index (κ2) is 9.73. The quantitative estimate of drug-likeness (QED) is 0.296. The van der Waals surface area contributed by atoms with Crippen LogP contribution >= 0.6 is 0 Å². The molecule has 2 aromatic carbocycles. The lowest BCUT2D eigenvalue weighted by atomic mass is 10.3. The predicted molar refractivity (Wildman–Crippen MR) is 116 cm³/mol. The van der Waals surface area contributed by atoms with Crippen molar-refractivity contribution in [2.75, 3.05) is 24.9 Å². The molecular weight excluding hydrogens is 384 g/mol. The number of hydrogen-bond acceptors (Lipinski definition) is 6. The minimum Gasteiger partial charge on any atom is -0.493 e. The summed E-state index contributed by atoms with van der Waals surface area (Å²) in [4.78, 5) is 15.2. The molecule has 0 atom stereocenters. The fourth-order valence-electron chi connectivity index (χ4n) is 2.54. The van der Waals surface area contributed by atoms with Gasteiger partial charge < -0.3 is 26.3 Å². The maximum atomic E-state index is 5.97. The number of nitrogens with one attached hydrogen (secondary N) is 3. The van der Waals surface area contributed by atoms with Gasteiger partial charge in [-0.25, -0.2) is 15.0 Å². The number of guanidine groups is 2. The zero-order chi connectivity index (χ0) is 21.3. The average molecular weight is 407 g/mol. The highest BCUT2D eigenvalue weighted by molar-refractivity contribution is 5.91. The van der Waals surface area contributed by atoms with Crippen LogP contribution in [0.5, 0.6) is 11.5 Å². The molecule has 1 aromatic heterocycles. The van der Waals surface area contributed by atoms with Crippen molar-refractivity contribution in [3.63, 3.8) is 0 Å². The number of aromatic nitrogens is 2. The molecule has 0 unspecified atom stereocenters. The van der Waals surface area contributed by atoms with Gasteiger partial charge in [-0.2, -0.15) is 0 Å². The summed E-state index contributed by atoms with van der Waals surface area (Å²) in [6.07, 6.45) is 1.40. The summed E-state index contributed by atoms with van der Waals surface area (Å²) in [5.74, 6) is 2.37. The highest BCUT2D eigenvalue weighted by Crippen LogP contribution is 2.29. The molecular formula is C20H23N8O2+. The molecule has 0 aliphatic rings. The van der Waals surface area contributed by atoms with Crippen LogP contribution in [0.3, 0.4) is 0 Å². The Morgan fingerprint density at radius 2 is 1.70 bits per heavy atom. The second-order valence-electron chi connectivity index (χ2n) is 5.98. The molecule has 0 bridgehead atoms. The molecule has 3 aromatic rings. The van der Waals surface area contributed by atoms with Crippen LogP contribution in [0, 0.1) is 0 Å². The Balaban J connectivity index is 1.70. The number of rotatable bonds is 6. The van der Waals surface area contributed by atoms with E-state index in [4.69, 9.17) is 20.9 Å². The number of anilines is 3. The molecule has 154 valence electrons. The van der Waals surface area contributed by atoms with Crippen molar-refractivity contribution in [3.8, 4) is 11.5 Å². The van der Waals surface area contributed by atoms with Gasteiger partial charge in [0.2, 0.25) is 5.82 Å². The molecule has 10 nitrogen and oxygen atoms in total. The molecule has 0 aliphatic heterocycles. The first-order valence-corrected chi connectivity index (χ1v) is 8.94. The fourth-order valence-corrected chi connectivity index (χ4v) is 2.54. The van der Waals surface area contributed by atoms with E-state index >= 15 is 0 Å². The third kappa shape index (κ3) is 5.58. The smallest absolute Gasteiger partial charge is 0.317 e. The molecule has 10 heteroatoms. The third-order valence-electron chi connectivity index (χ3n) is 3.86. The Morgan fingerprint density at radius 3 is 2.43 bits per heavy atom. The molecule has 0 spiro atoms. The van der Waals surface area contributed by atoms with Crippen molar-refractivity contribution in [2.24, 2.45) is 16.5 Å². The number of benzene rings is 2. The van der Waals surface area contributed by atoms with Crippen LogP contribution in [-0.4, -0.2) is 36.1 Å². The minimum atomic E-state index is 0.0600. The van der Waals surface area contributed by atoms with Crippen LogP contribution in [-0.2, 0) is 0 Å². The number of hydrogen-bond donors (Lipinski definition) is 5. The van der Waals surface area contributed by atoms with Crippen molar-refractivity contribution >= 4 is 34.9 Å². The van der Waals surface area contributed by atoms with Crippen LogP contribution in [0.2, 0.25) is 0 Å². The van der Waals surface area contributed by atoms with Crippen LogP contribution < -0.4 is 36.6 Å². The Morgan fingerprint density at radius 1 is 0.933 bits per heavy atom. The van der Waals surface area contributed by atoms with Crippen LogP contribution in [0.1, 0.15) is 0 Å². The molecule has 7 N–H and O–H groups in total. The summed E-state index contributed by atoms with van der Waals surface area (Å²) >= 11 is 0. The lowest BCUT2D eigenvalue weighted by molar-refractivity contribution is -0.319. The highest BCUT2D eigenvalue weighted by Gasteiger charge is 2.08. The number of para-hydroxylation sites is 1. The summed E-state index contributed by atoms with van der Waals surface area (Å²) in [5, 5.41) is 6.14. The molecule has 0 fully saturated rings. The monoisotopic (exact) mass is 407 g/mol. The lowest BCUT2D eigenvalue weighted by Crippen LogP contribution is -2.83. The van der Waals surface area contributed by atoms with Crippen molar-refractivity contribution in [1.29, 1.82) is 0 Å². The van der Waals surface area contributed by atoms with E-state index in [0.717, 1.165) is 5.69 Å². The lowest BCUT2D eigenvalue weighted by Gasteiger charge is -2.09. The van der Waals surface area contributed by atoms with Crippen molar-refractivity contribution in [2.45, 2.75) is 0 Å². The van der Waals surface area contributed by atoms with Gasteiger partial charge in [-0.15, -0.1) is 4.99 Å². The predicted octanol–water partition coefficient (Wildman–Crippen LogP) is 0.691. The highest BCUT2D eigenvalue weighted by atomic mass is 16.5. The molecule has 3 rings (SSSR count). The molecule has 1 heterocycles. The third-order valence-corrected chi connectivity index (χ3v) is 3.86. The maximum absolute atomic E-state index is 5.97. The maximum Gasteiger partial charge on any atom is 0.317 e. The molecule has 0 saturated carbocycles. The van der Waals surface area contributed by atoms with Crippen molar-refractivity contribution < 1.29 is 14.5 Å². The van der Waals surface area contributed by atoms with E-state index in [-0.39, 0.29) is 11.9 Å². The van der Waals surface area contributed by atoms with E-state index in [1.165, 1.54) is 6.33 Å². The Labute approximate surface area is 173 Å². The fraction of sp³-hybridized carbons (Fsp3) is 0.100. The van der Waals surface area contributed by atoms with Gasteiger partial charge in [-0.05, 0) is 24.3 Å². The van der Waals surface area contributed by atoms with E-state index in [2.05, 4.69) is 30.6 Å². The topological polar surface area (TPSA) is 147 Å². The van der Waals surface area contributed by atoms with Gasteiger partial charge in [0.1, 0.15) is 12.1 Å². The van der Waals surface area contributed by atoms with Crippen molar-refractivity contribution in [3.05, 3.63) is 60.9 Å². The first-order valence-electron chi connectivity index (χ1n) is 8.94. The van der Waals surface area contributed by atoms with E-state index in [0.29, 0.717) is 28.8 Å². The van der Waals surface area contributed by atoms with Gasteiger partial charge in [-0.1, -0.05) is 18.2 Å². The van der Waals surface area contributed by atoms with E-state index in [1.54, 1.807) is 38.5 Å². The van der Waals surface area contributed by atoms with Crippen molar-refractivity contribution in [1.82, 2.24) is 9.97 Å². The van der Waals surface area contributed by atoms with E-state index in [1.807, 2.05) is 30.3 Å². The number of methoxy groups -OCH3 is 2. The summed E-state index contributed by atoms with van der Waals surface area (Å²) in [5.41, 5.74) is 13.5. The number of nitrogens with two attached hydrogens (primary N) is 2. The van der Waals surface area contributed by atoms with Gasteiger partial charge in [-0.3, -0.25) is 5.32 Å². The first kappa shape index (κ1) is 20.4. The largest absolute Gasteiger partial charge is 0.493 e. The van der Waals surface area contributed by atoms with Crippen LogP contribution in [0.15, 0.2) is 65.9 Å². The van der Waals surface area contributed by atoms with Crippen LogP contribution in [0.25, 0.3) is 0 Å². The standard InChI is InChI=1S/C20H22N8O2/c1-29-15-9-8-14(10-16(15)30-2)26-19(21)28-20(22)27-18-11-17(23-12-24-18)25-13-6-4-3-5-7-13/h3-12H,1-2H3,(H6,21,22,23,24,25,26,27,28)/p+1. The summed E-state index contributed by atoms with van der Waals surface area (Å²) in [6.45, 7) is 0. The SMILES string of the molecule is COc1ccc(N/C(N)=[NH+]/C(N)=Nc2cc(Nc3ccccc3)ncn2)cc1OC. The molecule has 0 aliphatic carbocycles. The van der Waals surface area contributed by atoms with Gasteiger partial charge in [0.05, 0.1) is 19.9 Å². The van der Waals surface area contributed by atoms with Gasteiger partial charge >= 0.3 is 5.96 Å². The summed E-state index contributed by atoms with van der Waals surface area (Å²) in [7, 11) is 3.12. The summed E-state index contributed by atoms with van der Waals surface area (Å²) < 4.78 is 10.5. The van der Waals surface area contributed by atoms with E-state index in [9.17, 15) is 0 Å². The van der Waals surface area contributed by atoms with E-state index < -0.39 is 0 Å². The first-order chi connectivity index (χ1) is 14.6. The Hall–Kier alpha value is -4.34. The minimum absolute atomic E-state index is 0.0600. The van der Waals surface area contributed by atoms with Gasteiger partial charge in [0.25, 0.3) is 5.96 Å². The Kier molecular flexibility index (Phi) is 6.62. The van der Waals surface area contributed by atoms with Crippen LogP contribution in [0.4, 0.5) is 23.0 Å². The molecule has 0 radical (unpaired) electrons. The normalized spacial score (nSPS) is 11.7. The number of nitrogens with zero attached hydrogens (tertiary/aromatic N) is 3. The van der Waals surface area contributed by atoms with Gasteiger partial charge in [0, 0.05) is 17.8 Å². The number of aliphatic imine (C=N–C) groups is 1. The number of ether oxygens (including phenoxy) is 2. The average Bonchev–Trinajstić information content (AvgIpc) is 2.74. The summed E-state index contributed by atoms with van der Waals surface area (Å²) in [6, 6.07) is 16.6. The molecule has 30 heavy (non-hydrogen) atoms. The molecule has 0 amide bonds. The zero-order valence-corrected chi connectivity index (χ0v) is 16.6. The molecule has 0 saturated heterocycles. The Bertz CT molecular complexity index is 1050. The second-order valence-corrected chi connectivity index (χ2v) is 5.98. The van der Waals surface area contributed by atoms with Gasteiger partial charge in [0.15, 0.2) is 11.5 Å². The zero-order valence-electron chi connectivity index (χ0n) is 16.6.